The predicted octanol–water partition coefficient (Wildman–Crippen LogP) is -0.245. The molecule has 1 amide bonds. The van der Waals surface area contributed by atoms with E-state index < -0.39 is 23.7 Å². The van der Waals surface area contributed by atoms with Crippen LogP contribution in [0.4, 0.5) is 0 Å². The summed E-state index contributed by atoms with van der Waals surface area (Å²) in [5.74, 6) is -0.762. The van der Waals surface area contributed by atoms with Gasteiger partial charge in [-0.2, -0.15) is 0 Å². The van der Waals surface area contributed by atoms with Crippen molar-refractivity contribution in [1.29, 1.82) is 0 Å². The molecule has 1 heterocycles. The molecule has 4 atom stereocenters. The molecule has 1 aliphatic heterocycles. The first kappa shape index (κ1) is 16.9. The maximum absolute atomic E-state index is 12.1. The van der Waals surface area contributed by atoms with Crippen LogP contribution in [-0.4, -0.2) is 47.8 Å². The Hall–Kier alpha value is -1.11. The Kier molecular flexibility index (Phi) is 5.56. The number of hydrogen-bond acceptors (Lipinski definition) is 5. The highest BCUT2D eigenvalue weighted by Gasteiger charge is 2.61. The predicted molar refractivity (Wildman–Crippen MR) is 75.5 cm³/mol. The minimum Gasteiger partial charge on any atom is -0.464 e. The van der Waals surface area contributed by atoms with Crippen LogP contribution >= 0.6 is 12.4 Å². The van der Waals surface area contributed by atoms with Crippen molar-refractivity contribution < 1.29 is 19.4 Å². The van der Waals surface area contributed by atoms with Crippen molar-refractivity contribution in [3.05, 3.63) is 12.7 Å². The molecule has 0 aromatic rings. The van der Waals surface area contributed by atoms with E-state index in [-0.39, 0.29) is 30.8 Å². The molecule has 20 heavy (non-hydrogen) atoms. The third-order valence-electron chi connectivity index (χ3n) is 3.71. The van der Waals surface area contributed by atoms with Crippen LogP contribution < -0.4 is 10.6 Å². The molecule has 0 radical (unpaired) electrons. The highest BCUT2D eigenvalue weighted by Crippen LogP contribution is 2.45. The molecule has 0 spiro atoms. The van der Waals surface area contributed by atoms with E-state index in [2.05, 4.69) is 17.2 Å². The van der Waals surface area contributed by atoms with Crippen LogP contribution in [0.3, 0.4) is 0 Å². The molecule has 7 heteroatoms. The van der Waals surface area contributed by atoms with Gasteiger partial charge in [0.05, 0.1) is 18.8 Å². The number of carbonyl (C=O) groups is 2. The van der Waals surface area contributed by atoms with E-state index in [4.69, 9.17) is 4.74 Å². The van der Waals surface area contributed by atoms with E-state index in [9.17, 15) is 14.7 Å². The summed E-state index contributed by atoms with van der Waals surface area (Å²) in [5.41, 5.74) is -0.954. The average Bonchev–Trinajstić information content (AvgIpc) is 2.92. The Balaban J connectivity index is 0.00000200. The van der Waals surface area contributed by atoms with Gasteiger partial charge in [-0.25, -0.2) is 4.79 Å². The minimum atomic E-state index is -0.954. The maximum atomic E-state index is 12.1. The molecule has 114 valence electrons. The molecule has 0 aromatic heterocycles. The highest BCUT2D eigenvalue weighted by atomic mass is 35.5. The molecule has 1 unspecified atom stereocenters. The topological polar surface area (TPSA) is 87.7 Å². The molecule has 0 bridgehead atoms. The van der Waals surface area contributed by atoms with E-state index in [1.807, 2.05) is 0 Å². The third kappa shape index (κ3) is 3.13. The molecule has 2 aliphatic rings. The molecule has 2 rings (SSSR count). The largest absolute Gasteiger partial charge is 0.464 e. The van der Waals surface area contributed by atoms with Crippen molar-refractivity contribution in [2.45, 2.75) is 37.5 Å². The molecule has 3 N–H and O–H groups in total. The van der Waals surface area contributed by atoms with Crippen LogP contribution in [0.2, 0.25) is 0 Å². The second kappa shape index (κ2) is 6.56. The smallest absolute Gasteiger partial charge is 0.332 e. The van der Waals surface area contributed by atoms with Gasteiger partial charge in [0.15, 0.2) is 0 Å². The Bertz CT molecular complexity index is 404. The molecule has 0 aromatic carbocycles. The van der Waals surface area contributed by atoms with Crippen molar-refractivity contribution in [2.75, 3.05) is 13.2 Å². The van der Waals surface area contributed by atoms with Crippen molar-refractivity contribution in [2.24, 2.45) is 5.92 Å². The highest BCUT2D eigenvalue weighted by molar-refractivity contribution is 5.93. The second-order valence-corrected chi connectivity index (χ2v) is 5.08. The Morgan fingerprint density at radius 1 is 1.60 bits per heavy atom. The molecule has 2 fully saturated rings. The number of amides is 1. The number of rotatable bonds is 5. The zero-order valence-electron chi connectivity index (χ0n) is 11.4. The van der Waals surface area contributed by atoms with E-state index in [1.165, 1.54) is 0 Å². The first-order valence-corrected chi connectivity index (χ1v) is 6.56. The number of aliphatic hydroxyl groups is 1. The van der Waals surface area contributed by atoms with Crippen molar-refractivity contribution in [3.63, 3.8) is 0 Å². The van der Waals surface area contributed by atoms with Crippen molar-refractivity contribution in [3.8, 4) is 0 Å². The normalized spacial score (nSPS) is 34.8. The van der Waals surface area contributed by atoms with Crippen LogP contribution in [-0.2, 0) is 14.3 Å². The molecule has 1 saturated heterocycles. The first-order chi connectivity index (χ1) is 9.03. The van der Waals surface area contributed by atoms with E-state index in [0.29, 0.717) is 19.4 Å². The van der Waals surface area contributed by atoms with Crippen LogP contribution in [0.5, 0.6) is 0 Å². The summed E-state index contributed by atoms with van der Waals surface area (Å²) in [5, 5.41) is 15.1. The number of hydrogen-bond donors (Lipinski definition) is 3. The fourth-order valence-corrected chi connectivity index (χ4v) is 2.49. The summed E-state index contributed by atoms with van der Waals surface area (Å²) >= 11 is 0. The van der Waals surface area contributed by atoms with Crippen molar-refractivity contribution >= 4 is 24.3 Å². The summed E-state index contributed by atoms with van der Waals surface area (Å²) < 4.78 is 5.01. The maximum Gasteiger partial charge on any atom is 0.332 e. The summed E-state index contributed by atoms with van der Waals surface area (Å²) in [6.07, 6.45) is 2.04. The molecular weight excluding hydrogens is 284 g/mol. The quantitative estimate of drug-likeness (QED) is 0.482. The fourth-order valence-electron chi connectivity index (χ4n) is 2.49. The molecular formula is C13H21ClN2O4. The summed E-state index contributed by atoms with van der Waals surface area (Å²) in [4.78, 5) is 24.0. The number of halogens is 1. The molecule has 1 aliphatic carbocycles. The van der Waals surface area contributed by atoms with Gasteiger partial charge in [0, 0.05) is 12.5 Å². The summed E-state index contributed by atoms with van der Waals surface area (Å²) in [7, 11) is 0. The standard InChI is InChI=1S/C13H20N2O4.ClH/c1-3-8-6-13(8,12(18)19-4-2)15-11(17)10-5-9(16)7-14-10;/h3,8-10,14,16H,1,4-7H2,2H3,(H,15,17);1H/t8-,9+,10?,13-;/m1./s1. The minimum absolute atomic E-state index is 0. The van der Waals surface area contributed by atoms with Gasteiger partial charge in [-0.15, -0.1) is 19.0 Å². The number of β-amino-alcohol motifs (C(OH)–C–C–N with tert-alkyl or cyclic N) is 1. The molecule has 6 nitrogen and oxygen atoms in total. The number of esters is 1. The Labute approximate surface area is 124 Å². The van der Waals surface area contributed by atoms with Gasteiger partial charge in [0.1, 0.15) is 5.54 Å². The van der Waals surface area contributed by atoms with Gasteiger partial charge in [-0.05, 0) is 19.8 Å². The van der Waals surface area contributed by atoms with Gasteiger partial charge in [-0.3, -0.25) is 4.79 Å². The Morgan fingerprint density at radius 2 is 2.30 bits per heavy atom. The summed E-state index contributed by atoms with van der Waals surface area (Å²) in [6, 6.07) is -0.452. The van der Waals surface area contributed by atoms with E-state index in [0.717, 1.165) is 0 Å². The number of nitrogens with one attached hydrogen (secondary N) is 2. The lowest BCUT2D eigenvalue weighted by molar-refractivity contribution is -0.149. The SMILES string of the molecule is C=C[C@@H]1C[C@]1(NC(=O)C1C[C@H](O)CN1)C(=O)OCC.Cl. The second-order valence-electron chi connectivity index (χ2n) is 5.08. The number of aliphatic hydroxyl groups excluding tert-OH is 1. The third-order valence-corrected chi connectivity index (χ3v) is 3.71. The van der Waals surface area contributed by atoms with Gasteiger partial charge in [0.2, 0.25) is 5.91 Å². The zero-order valence-corrected chi connectivity index (χ0v) is 12.2. The lowest BCUT2D eigenvalue weighted by Crippen LogP contribution is -2.51. The lowest BCUT2D eigenvalue weighted by atomic mass is 10.1. The van der Waals surface area contributed by atoms with Gasteiger partial charge in [-0.1, -0.05) is 6.08 Å². The van der Waals surface area contributed by atoms with E-state index >= 15 is 0 Å². The fraction of sp³-hybridized carbons (Fsp3) is 0.692. The lowest BCUT2D eigenvalue weighted by Gasteiger charge is -2.19. The van der Waals surface area contributed by atoms with Crippen LogP contribution in [0.15, 0.2) is 12.7 Å². The monoisotopic (exact) mass is 304 g/mol. The van der Waals surface area contributed by atoms with Crippen LogP contribution in [0, 0.1) is 5.92 Å². The molecule has 1 saturated carbocycles. The van der Waals surface area contributed by atoms with Gasteiger partial charge < -0.3 is 20.5 Å². The summed E-state index contributed by atoms with van der Waals surface area (Å²) in [6.45, 7) is 6.07. The number of ether oxygens (including phenoxy) is 1. The van der Waals surface area contributed by atoms with Gasteiger partial charge in [0.25, 0.3) is 0 Å². The van der Waals surface area contributed by atoms with E-state index in [1.54, 1.807) is 13.0 Å². The zero-order chi connectivity index (χ0) is 14.0. The van der Waals surface area contributed by atoms with Gasteiger partial charge >= 0.3 is 5.97 Å². The average molecular weight is 305 g/mol. The van der Waals surface area contributed by atoms with Crippen LogP contribution in [0.25, 0.3) is 0 Å². The van der Waals surface area contributed by atoms with Crippen LogP contribution in [0.1, 0.15) is 19.8 Å². The van der Waals surface area contributed by atoms with Crippen molar-refractivity contribution in [1.82, 2.24) is 10.6 Å². The number of carbonyl (C=O) groups excluding carboxylic acids is 2. The Morgan fingerprint density at radius 3 is 2.75 bits per heavy atom. The first-order valence-electron chi connectivity index (χ1n) is 6.56.